The van der Waals surface area contributed by atoms with Gasteiger partial charge < -0.3 is 5.32 Å². The van der Waals surface area contributed by atoms with Crippen molar-refractivity contribution in [1.29, 1.82) is 0 Å². The van der Waals surface area contributed by atoms with E-state index < -0.39 is 9.84 Å². The number of carbonyl (C=O) groups is 1. The average molecular weight is 420 g/mol. The molecule has 4 rings (SSSR count). The number of anilines is 1. The molecule has 2 aromatic rings. The van der Waals surface area contributed by atoms with Crippen LogP contribution in [0.4, 0.5) is 5.69 Å². The predicted molar refractivity (Wildman–Crippen MR) is 110 cm³/mol. The van der Waals surface area contributed by atoms with E-state index >= 15 is 0 Å². The van der Waals surface area contributed by atoms with E-state index in [0.717, 1.165) is 24.9 Å². The molecule has 2 heterocycles. The Morgan fingerprint density at radius 3 is 2.86 bits per heavy atom. The third-order valence-electron chi connectivity index (χ3n) is 5.39. The number of rotatable bonds is 4. The topological polar surface area (TPSA) is 81.1 Å². The molecule has 0 bridgehead atoms. The SMILES string of the molecule is Cc1nn(C2CCS(=O)(=O)C2)c(Cl)c1/C=C/C(=O)Nc1ccc2c(c1)CCC2. The normalized spacial score (nSPS) is 20.6. The van der Waals surface area contributed by atoms with Crippen LogP contribution in [0.5, 0.6) is 0 Å². The van der Waals surface area contributed by atoms with Gasteiger partial charge in [-0.25, -0.2) is 13.1 Å². The number of halogens is 1. The van der Waals surface area contributed by atoms with E-state index in [1.165, 1.54) is 17.2 Å². The summed E-state index contributed by atoms with van der Waals surface area (Å²) in [7, 11) is -3.03. The number of aromatic nitrogens is 2. The highest BCUT2D eigenvalue weighted by atomic mass is 35.5. The number of hydrogen-bond donors (Lipinski definition) is 1. The van der Waals surface area contributed by atoms with E-state index in [-0.39, 0.29) is 23.5 Å². The number of sulfone groups is 1. The Hall–Kier alpha value is -2.12. The quantitative estimate of drug-likeness (QED) is 0.770. The minimum Gasteiger partial charge on any atom is -0.323 e. The molecule has 1 unspecified atom stereocenters. The minimum atomic E-state index is -3.03. The van der Waals surface area contributed by atoms with Crippen LogP contribution in [-0.4, -0.2) is 35.6 Å². The van der Waals surface area contributed by atoms with Crippen LogP contribution in [0.1, 0.15) is 41.3 Å². The van der Waals surface area contributed by atoms with Gasteiger partial charge in [-0.3, -0.25) is 4.79 Å². The molecule has 1 amide bonds. The van der Waals surface area contributed by atoms with E-state index in [0.29, 0.717) is 22.8 Å². The third-order valence-corrected chi connectivity index (χ3v) is 7.52. The zero-order valence-corrected chi connectivity index (χ0v) is 17.2. The lowest BCUT2D eigenvalue weighted by Gasteiger charge is -2.09. The molecule has 1 atom stereocenters. The summed E-state index contributed by atoms with van der Waals surface area (Å²) in [5, 5.41) is 7.64. The second-order valence-electron chi connectivity index (χ2n) is 7.45. The predicted octanol–water partition coefficient (Wildman–Crippen LogP) is 3.35. The van der Waals surface area contributed by atoms with Crippen molar-refractivity contribution in [2.45, 2.75) is 38.6 Å². The van der Waals surface area contributed by atoms with Crippen LogP contribution in [0.2, 0.25) is 5.15 Å². The van der Waals surface area contributed by atoms with Gasteiger partial charge in [0.15, 0.2) is 9.84 Å². The van der Waals surface area contributed by atoms with Crippen molar-refractivity contribution in [3.05, 3.63) is 51.8 Å². The Morgan fingerprint density at radius 1 is 1.32 bits per heavy atom. The second-order valence-corrected chi connectivity index (χ2v) is 10.0. The number of carbonyl (C=O) groups excluding carboxylic acids is 1. The second kappa shape index (κ2) is 7.37. The fraction of sp³-hybridized carbons (Fsp3) is 0.400. The maximum Gasteiger partial charge on any atom is 0.248 e. The molecule has 0 saturated carbocycles. The highest BCUT2D eigenvalue weighted by Gasteiger charge is 2.31. The summed E-state index contributed by atoms with van der Waals surface area (Å²) in [6.07, 6.45) is 6.89. The molecule has 1 aromatic heterocycles. The van der Waals surface area contributed by atoms with Gasteiger partial charge in [0.25, 0.3) is 0 Å². The summed E-state index contributed by atoms with van der Waals surface area (Å²) in [5.74, 6) is -0.0403. The Labute approximate surface area is 169 Å². The Kier molecular flexibility index (Phi) is 5.05. The Bertz CT molecular complexity index is 1070. The Balaban J connectivity index is 1.48. The van der Waals surface area contributed by atoms with Gasteiger partial charge in [-0.1, -0.05) is 17.7 Å². The molecule has 0 radical (unpaired) electrons. The lowest BCUT2D eigenvalue weighted by molar-refractivity contribution is -0.111. The number of nitrogens with one attached hydrogen (secondary N) is 1. The Morgan fingerprint density at radius 2 is 2.11 bits per heavy atom. The molecule has 148 valence electrons. The van der Waals surface area contributed by atoms with Crippen LogP contribution in [0, 0.1) is 6.92 Å². The van der Waals surface area contributed by atoms with Gasteiger partial charge in [-0.2, -0.15) is 5.10 Å². The van der Waals surface area contributed by atoms with Crippen molar-refractivity contribution >= 4 is 39.1 Å². The summed E-state index contributed by atoms with van der Waals surface area (Å²) in [5.41, 5.74) is 4.74. The first kappa shape index (κ1) is 19.2. The molecule has 1 saturated heterocycles. The number of amides is 1. The molecule has 1 aliphatic heterocycles. The zero-order valence-electron chi connectivity index (χ0n) is 15.6. The van der Waals surface area contributed by atoms with Gasteiger partial charge in [0.2, 0.25) is 5.91 Å². The van der Waals surface area contributed by atoms with Crippen molar-refractivity contribution in [2.75, 3.05) is 16.8 Å². The maximum absolute atomic E-state index is 12.3. The first-order valence-electron chi connectivity index (χ1n) is 9.38. The standard InChI is InChI=1S/C20H22ClN3O3S/c1-13-18(20(21)24(23-13)17-9-10-28(26,27)12-17)7-8-19(25)22-16-6-5-14-3-2-4-15(14)11-16/h5-8,11,17H,2-4,9-10,12H2,1H3,(H,22,25)/b8-7+. The van der Waals surface area contributed by atoms with E-state index in [9.17, 15) is 13.2 Å². The fourth-order valence-corrected chi connectivity index (χ4v) is 5.99. The van der Waals surface area contributed by atoms with Crippen LogP contribution in [-0.2, 0) is 27.5 Å². The van der Waals surface area contributed by atoms with Crippen LogP contribution in [0.15, 0.2) is 24.3 Å². The molecular formula is C20H22ClN3O3S. The first-order chi connectivity index (χ1) is 13.3. The van der Waals surface area contributed by atoms with E-state index in [1.54, 1.807) is 17.7 Å². The monoisotopic (exact) mass is 419 g/mol. The molecule has 1 aliphatic carbocycles. The summed E-state index contributed by atoms with van der Waals surface area (Å²) in [6, 6.07) is 5.78. The molecule has 0 spiro atoms. The fourth-order valence-electron chi connectivity index (χ4n) is 3.92. The number of benzene rings is 1. The van der Waals surface area contributed by atoms with Crippen LogP contribution < -0.4 is 5.32 Å². The van der Waals surface area contributed by atoms with Gasteiger partial charge >= 0.3 is 0 Å². The first-order valence-corrected chi connectivity index (χ1v) is 11.6. The molecule has 2 aliphatic rings. The molecule has 1 aromatic carbocycles. The van der Waals surface area contributed by atoms with E-state index in [2.05, 4.69) is 16.5 Å². The van der Waals surface area contributed by atoms with Crippen molar-refractivity contribution in [3.63, 3.8) is 0 Å². The van der Waals surface area contributed by atoms with Crippen molar-refractivity contribution in [2.24, 2.45) is 0 Å². The van der Waals surface area contributed by atoms with Gasteiger partial charge in [0.1, 0.15) is 5.15 Å². The highest BCUT2D eigenvalue weighted by Crippen LogP contribution is 2.30. The molecule has 1 fully saturated rings. The number of hydrogen-bond acceptors (Lipinski definition) is 4. The molecule has 8 heteroatoms. The van der Waals surface area contributed by atoms with Crippen molar-refractivity contribution in [1.82, 2.24) is 9.78 Å². The number of fused-ring (bicyclic) bond motifs is 1. The molecular weight excluding hydrogens is 398 g/mol. The van der Waals surface area contributed by atoms with Gasteiger partial charge in [0.05, 0.1) is 23.2 Å². The zero-order chi connectivity index (χ0) is 19.9. The highest BCUT2D eigenvalue weighted by molar-refractivity contribution is 7.91. The molecule has 6 nitrogen and oxygen atoms in total. The third kappa shape index (κ3) is 3.86. The lowest BCUT2D eigenvalue weighted by atomic mass is 10.1. The largest absolute Gasteiger partial charge is 0.323 e. The van der Waals surface area contributed by atoms with Crippen LogP contribution in [0.25, 0.3) is 6.08 Å². The summed E-state index contributed by atoms with van der Waals surface area (Å²) < 4.78 is 25.0. The summed E-state index contributed by atoms with van der Waals surface area (Å²) in [6.45, 7) is 1.80. The van der Waals surface area contributed by atoms with Crippen molar-refractivity contribution in [3.8, 4) is 0 Å². The van der Waals surface area contributed by atoms with Gasteiger partial charge in [-0.05, 0) is 61.9 Å². The van der Waals surface area contributed by atoms with Gasteiger partial charge in [-0.15, -0.1) is 0 Å². The van der Waals surface area contributed by atoms with E-state index in [1.807, 2.05) is 12.1 Å². The summed E-state index contributed by atoms with van der Waals surface area (Å²) in [4.78, 5) is 12.3. The summed E-state index contributed by atoms with van der Waals surface area (Å²) >= 11 is 6.43. The smallest absolute Gasteiger partial charge is 0.248 e. The minimum absolute atomic E-state index is 0.0514. The maximum atomic E-state index is 12.3. The van der Waals surface area contributed by atoms with Crippen LogP contribution in [0.3, 0.4) is 0 Å². The van der Waals surface area contributed by atoms with E-state index in [4.69, 9.17) is 11.6 Å². The van der Waals surface area contributed by atoms with Gasteiger partial charge in [0, 0.05) is 17.3 Å². The lowest BCUT2D eigenvalue weighted by Crippen LogP contribution is -2.12. The van der Waals surface area contributed by atoms with Crippen molar-refractivity contribution < 1.29 is 13.2 Å². The average Bonchev–Trinajstić information content (AvgIpc) is 3.31. The number of nitrogens with zero attached hydrogens (tertiary/aromatic N) is 2. The molecule has 1 N–H and O–H groups in total. The van der Waals surface area contributed by atoms with Crippen LogP contribution >= 0.6 is 11.6 Å². The number of aryl methyl sites for hydroxylation is 3. The molecule has 28 heavy (non-hydrogen) atoms.